The third-order valence-corrected chi connectivity index (χ3v) is 6.30. The van der Waals surface area contributed by atoms with E-state index in [4.69, 9.17) is 4.74 Å². The number of carbonyl (C=O) groups excluding carboxylic acids is 1. The number of nitrogens with zero attached hydrogens (tertiary/aromatic N) is 3. The summed E-state index contributed by atoms with van der Waals surface area (Å²) in [7, 11) is 1.81. The topological polar surface area (TPSA) is 69.2 Å². The van der Waals surface area contributed by atoms with Crippen LogP contribution in [0.25, 0.3) is 0 Å². The molecule has 7 nitrogen and oxygen atoms in total. The second-order valence-electron chi connectivity index (χ2n) is 8.84. The van der Waals surface area contributed by atoms with E-state index in [0.717, 1.165) is 62.8 Å². The molecule has 0 radical (unpaired) electrons. The van der Waals surface area contributed by atoms with E-state index in [1.807, 2.05) is 36.2 Å². The smallest absolute Gasteiger partial charge is 0.265 e. The molecule has 34 heavy (non-hydrogen) atoms. The Bertz CT molecular complexity index is 975. The first-order valence-corrected chi connectivity index (χ1v) is 11.9. The number of anilines is 1. The number of hydrogen-bond donors (Lipinski definition) is 2. The van der Waals surface area contributed by atoms with E-state index in [2.05, 4.69) is 51.7 Å². The number of guanidine groups is 1. The van der Waals surface area contributed by atoms with Gasteiger partial charge in [0.15, 0.2) is 12.6 Å². The van der Waals surface area contributed by atoms with Crippen LogP contribution in [0.4, 0.5) is 5.69 Å². The van der Waals surface area contributed by atoms with Crippen molar-refractivity contribution in [2.75, 3.05) is 44.7 Å². The predicted molar refractivity (Wildman–Crippen MR) is 148 cm³/mol. The molecule has 8 heteroatoms. The second kappa shape index (κ2) is 12.9. The van der Waals surface area contributed by atoms with Crippen LogP contribution in [0.15, 0.2) is 53.5 Å². The van der Waals surface area contributed by atoms with Crippen LogP contribution in [0.1, 0.15) is 30.4 Å². The number of hydrogen-bond acceptors (Lipinski definition) is 4. The Morgan fingerprint density at radius 2 is 1.94 bits per heavy atom. The highest BCUT2D eigenvalue weighted by Gasteiger charge is 2.24. The molecule has 2 aromatic carbocycles. The molecule has 0 bridgehead atoms. The van der Waals surface area contributed by atoms with E-state index in [-0.39, 0.29) is 36.5 Å². The zero-order valence-corrected chi connectivity index (χ0v) is 22.5. The van der Waals surface area contributed by atoms with E-state index in [0.29, 0.717) is 12.6 Å². The van der Waals surface area contributed by atoms with E-state index in [1.54, 1.807) is 0 Å². The first-order chi connectivity index (χ1) is 16.1. The first kappa shape index (κ1) is 26.3. The number of aliphatic imine (C=N–C) groups is 1. The number of para-hydroxylation sites is 2. The van der Waals surface area contributed by atoms with Gasteiger partial charge in [0.1, 0.15) is 5.75 Å². The molecule has 4 rings (SSSR count). The minimum absolute atomic E-state index is 0. The van der Waals surface area contributed by atoms with Gasteiger partial charge in [-0.3, -0.25) is 14.7 Å². The summed E-state index contributed by atoms with van der Waals surface area (Å²) in [6.45, 7) is 6.85. The number of amides is 1. The van der Waals surface area contributed by atoms with E-state index >= 15 is 0 Å². The average Bonchev–Trinajstić information content (AvgIpc) is 2.83. The van der Waals surface area contributed by atoms with Crippen LogP contribution >= 0.6 is 24.0 Å². The molecule has 2 aromatic rings. The van der Waals surface area contributed by atoms with Crippen LogP contribution in [-0.4, -0.2) is 62.6 Å². The second-order valence-corrected chi connectivity index (χ2v) is 8.84. The standard InChI is InChI=1S/C26H35N5O2.HI/c1-20-7-5-8-21(17-20)18-30-15-11-22(12-16-30)29-26(27-2)28-13-6-14-31-23-9-3-4-10-24(23)33-19-25(31)32;/h3-5,7-10,17,22H,6,11-16,18-19H2,1-2H3,(H2,27,28,29);1H. The third-order valence-electron chi connectivity index (χ3n) is 6.30. The summed E-state index contributed by atoms with van der Waals surface area (Å²) < 4.78 is 5.52. The zero-order chi connectivity index (χ0) is 23.0. The molecular formula is C26H36IN5O2. The highest BCUT2D eigenvalue weighted by Crippen LogP contribution is 2.31. The Morgan fingerprint density at radius 3 is 2.71 bits per heavy atom. The van der Waals surface area contributed by atoms with Gasteiger partial charge >= 0.3 is 0 Å². The average molecular weight is 578 g/mol. The number of nitrogens with one attached hydrogen (secondary N) is 2. The fourth-order valence-corrected chi connectivity index (χ4v) is 4.54. The highest BCUT2D eigenvalue weighted by atomic mass is 127. The number of likely N-dealkylation sites (tertiary alicyclic amines) is 1. The minimum Gasteiger partial charge on any atom is -0.482 e. The maximum atomic E-state index is 12.3. The minimum atomic E-state index is 0. The fourth-order valence-electron chi connectivity index (χ4n) is 4.54. The van der Waals surface area contributed by atoms with Crippen molar-refractivity contribution in [3.8, 4) is 5.75 Å². The largest absolute Gasteiger partial charge is 0.482 e. The monoisotopic (exact) mass is 577 g/mol. The number of piperidine rings is 1. The van der Waals surface area contributed by atoms with Gasteiger partial charge in [-0.25, -0.2) is 0 Å². The molecule has 0 saturated carbocycles. The lowest BCUT2D eigenvalue weighted by molar-refractivity contribution is -0.121. The number of halogens is 1. The summed E-state index contributed by atoms with van der Waals surface area (Å²) in [6.07, 6.45) is 3.03. The van der Waals surface area contributed by atoms with Gasteiger partial charge in [-0.1, -0.05) is 42.0 Å². The lowest BCUT2D eigenvalue weighted by Crippen LogP contribution is -2.49. The van der Waals surface area contributed by atoms with Crippen molar-refractivity contribution >= 4 is 41.5 Å². The van der Waals surface area contributed by atoms with Gasteiger partial charge < -0.3 is 20.3 Å². The van der Waals surface area contributed by atoms with Crippen LogP contribution in [0.3, 0.4) is 0 Å². The van der Waals surface area contributed by atoms with Gasteiger partial charge in [0.2, 0.25) is 0 Å². The van der Waals surface area contributed by atoms with Crippen molar-refractivity contribution in [2.24, 2.45) is 4.99 Å². The molecule has 0 aromatic heterocycles. The quantitative estimate of drug-likeness (QED) is 0.228. The van der Waals surface area contributed by atoms with Crippen LogP contribution in [-0.2, 0) is 11.3 Å². The van der Waals surface area contributed by atoms with Crippen molar-refractivity contribution in [3.05, 3.63) is 59.7 Å². The molecular weight excluding hydrogens is 541 g/mol. The summed E-state index contributed by atoms with van der Waals surface area (Å²) in [5.41, 5.74) is 3.56. The lowest BCUT2D eigenvalue weighted by Gasteiger charge is -2.33. The molecule has 2 aliphatic heterocycles. The molecule has 0 spiro atoms. The number of rotatable bonds is 7. The molecule has 0 aliphatic carbocycles. The van der Waals surface area contributed by atoms with Crippen LogP contribution in [0.5, 0.6) is 5.75 Å². The van der Waals surface area contributed by atoms with Crippen LogP contribution in [0, 0.1) is 6.92 Å². The SMILES string of the molecule is CN=C(NCCCN1C(=O)COc2ccccc21)NC1CCN(Cc2cccc(C)c2)CC1.I. The van der Waals surface area contributed by atoms with Gasteiger partial charge in [-0.2, -0.15) is 0 Å². The van der Waals surface area contributed by atoms with E-state index in [9.17, 15) is 4.79 Å². The highest BCUT2D eigenvalue weighted by molar-refractivity contribution is 14.0. The zero-order valence-electron chi connectivity index (χ0n) is 20.1. The van der Waals surface area contributed by atoms with Gasteiger partial charge in [0.05, 0.1) is 5.69 Å². The van der Waals surface area contributed by atoms with Crippen molar-refractivity contribution in [2.45, 2.75) is 38.8 Å². The van der Waals surface area contributed by atoms with Crippen LogP contribution in [0.2, 0.25) is 0 Å². The third kappa shape index (κ3) is 7.09. The maximum absolute atomic E-state index is 12.3. The summed E-state index contributed by atoms with van der Waals surface area (Å²) >= 11 is 0. The first-order valence-electron chi connectivity index (χ1n) is 11.9. The van der Waals surface area contributed by atoms with E-state index < -0.39 is 0 Å². The Morgan fingerprint density at radius 1 is 1.15 bits per heavy atom. The Hall–Kier alpha value is -2.33. The number of benzene rings is 2. The van der Waals surface area contributed by atoms with Gasteiger partial charge in [-0.05, 0) is 43.9 Å². The Labute approximate surface area is 220 Å². The van der Waals surface area contributed by atoms with Crippen LogP contribution < -0.4 is 20.3 Å². The normalized spacial score (nSPS) is 16.9. The van der Waals surface area contributed by atoms with Crippen molar-refractivity contribution < 1.29 is 9.53 Å². The molecule has 1 saturated heterocycles. The molecule has 0 unspecified atom stereocenters. The summed E-state index contributed by atoms with van der Waals surface area (Å²) in [6, 6.07) is 16.9. The molecule has 1 fully saturated rings. The van der Waals surface area contributed by atoms with Gasteiger partial charge in [0.25, 0.3) is 5.91 Å². The molecule has 2 N–H and O–H groups in total. The number of aryl methyl sites for hydroxylation is 1. The molecule has 0 atom stereocenters. The van der Waals surface area contributed by atoms with Gasteiger partial charge in [0, 0.05) is 45.8 Å². The number of fused-ring (bicyclic) bond motifs is 1. The summed E-state index contributed by atoms with van der Waals surface area (Å²) in [4.78, 5) is 21.0. The molecule has 1 amide bonds. The number of carbonyl (C=O) groups is 1. The molecule has 2 aliphatic rings. The van der Waals surface area contributed by atoms with E-state index in [1.165, 1.54) is 11.1 Å². The lowest BCUT2D eigenvalue weighted by atomic mass is 10.0. The molecule has 184 valence electrons. The Kier molecular flexibility index (Phi) is 10.0. The van der Waals surface area contributed by atoms with Crippen molar-refractivity contribution in [1.29, 1.82) is 0 Å². The predicted octanol–water partition coefficient (Wildman–Crippen LogP) is 3.56. The number of ether oxygens (including phenoxy) is 1. The van der Waals surface area contributed by atoms with Crippen molar-refractivity contribution in [3.63, 3.8) is 0 Å². The summed E-state index contributed by atoms with van der Waals surface area (Å²) in [5.74, 6) is 1.62. The van der Waals surface area contributed by atoms with Crippen molar-refractivity contribution in [1.82, 2.24) is 15.5 Å². The molecule has 2 heterocycles. The Balaban J connectivity index is 0.00000324. The fraction of sp³-hybridized carbons (Fsp3) is 0.462. The summed E-state index contributed by atoms with van der Waals surface area (Å²) in [5, 5.41) is 6.98. The van der Waals surface area contributed by atoms with Gasteiger partial charge in [-0.15, -0.1) is 24.0 Å². The maximum Gasteiger partial charge on any atom is 0.265 e.